The number of Topliss-reactive ketones (excluding diaryl/α,β-unsaturated/α-hetero) is 1. The number of rotatable bonds is 6. The van der Waals surface area contributed by atoms with Crippen molar-refractivity contribution >= 4 is 11.8 Å². The second kappa shape index (κ2) is 7.91. The lowest BCUT2D eigenvalue weighted by molar-refractivity contribution is -0.143. The number of ketones is 1. The van der Waals surface area contributed by atoms with Crippen LogP contribution in [0.2, 0.25) is 0 Å². The van der Waals surface area contributed by atoms with Crippen molar-refractivity contribution in [1.29, 1.82) is 0 Å². The number of carbonyl (C=O) groups is 2. The first-order valence-corrected chi connectivity index (χ1v) is 7.81. The van der Waals surface area contributed by atoms with Crippen LogP contribution in [0.3, 0.4) is 0 Å². The minimum absolute atomic E-state index is 0.143. The number of aromatic nitrogens is 2. The molecule has 0 spiro atoms. The molecule has 0 atom stereocenters. The molecular weight excluding hydrogens is 381 g/mol. The van der Waals surface area contributed by atoms with E-state index < -0.39 is 53.7 Å². The fourth-order valence-electron chi connectivity index (χ4n) is 2.22. The van der Waals surface area contributed by atoms with Crippen molar-refractivity contribution in [3.8, 4) is 11.5 Å². The van der Waals surface area contributed by atoms with Gasteiger partial charge in [-0.1, -0.05) is 0 Å². The third kappa shape index (κ3) is 4.34. The molecule has 7 nitrogen and oxygen atoms in total. The van der Waals surface area contributed by atoms with Gasteiger partial charge in [0.2, 0.25) is 11.7 Å². The van der Waals surface area contributed by atoms with Crippen molar-refractivity contribution in [2.45, 2.75) is 6.54 Å². The predicted molar refractivity (Wildman–Crippen MR) is 87.8 cm³/mol. The molecular formula is C18H11F3N2O5. The third-order valence-electron chi connectivity index (χ3n) is 3.57. The average Bonchev–Trinajstić information content (AvgIpc) is 3.02. The maximum Gasteiger partial charge on any atom is 0.437 e. The van der Waals surface area contributed by atoms with Gasteiger partial charge in [-0.2, -0.15) is 4.68 Å². The second-order valence-electron chi connectivity index (χ2n) is 5.55. The summed E-state index contributed by atoms with van der Waals surface area (Å²) in [5.74, 6) is -5.36. The number of hydrogen-bond acceptors (Lipinski definition) is 6. The molecule has 144 valence electrons. The Labute approximate surface area is 155 Å². The van der Waals surface area contributed by atoms with Gasteiger partial charge in [0.1, 0.15) is 24.0 Å². The lowest BCUT2D eigenvalue weighted by Crippen LogP contribution is -2.25. The highest BCUT2D eigenvalue weighted by Gasteiger charge is 2.18. The summed E-state index contributed by atoms with van der Waals surface area (Å²) in [5.41, 5.74) is -0.257. The van der Waals surface area contributed by atoms with Crippen LogP contribution in [0.1, 0.15) is 10.4 Å². The standard InChI is InChI=1S/C18H11F3N2O5/c19-11-3-1-10(2-4-11)17-22-23(18(26)28-17)8-16(25)27-9-15(24)13-7-12(20)5-6-14(13)21/h1-7H,8-9H2. The van der Waals surface area contributed by atoms with Crippen LogP contribution < -0.4 is 5.76 Å². The smallest absolute Gasteiger partial charge is 0.437 e. The lowest BCUT2D eigenvalue weighted by atomic mass is 10.1. The number of carbonyl (C=O) groups excluding carboxylic acids is 2. The van der Waals surface area contributed by atoms with E-state index in [1.807, 2.05) is 0 Å². The highest BCUT2D eigenvalue weighted by atomic mass is 19.1. The van der Waals surface area contributed by atoms with E-state index in [1.165, 1.54) is 12.1 Å². The van der Waals surface area contributed by atoms with E-state index in [2.05, 4.69) is 9.84 Å². The number of halogens is 3. The highest BCUT2D eigenvalue weighted by molar-refractivity contribution is 5.98. The van der Waals surface area contributed by atoms with E-state index in [-0.39, 0.29) is 5.89 Å². The zero-order valence-electron chi connectivity index (χ0n) is 14.0. The number of hydrogen-bond donors (Lipinski definition) is 0. The van der Waals surface area contributed by atoms with Gasteiger partial charge in [-0.3, -0.25) is 9.59 Å². The SMILES string of the molecule is O=C(Cn1nc(-c2ccc(F)cc2)oc1=O)OCC(=O)c1cc(F)ccc1F. The van der Waals surface area contributed by atoms with E-state index in [0.717, 1.165) is 24.3 Å². The van der Waals surface area contributed by atoms with Crippen LogP contribution in [0, 0.1) is 17.5 Å². The molecule has 0 radical (unpaired) electrons. The molecule has 0 saturated carbocycles. The van der Waals surface area contributed by atoms with Gasteiger partial charge in [0.25, 0.3) is 0 Å². The van der Waals surface area contributed by atoms with Gasteiger partial charge >= 0.3 is 11.7 Å². The summed E-state index contributed by atoms with van der Waals surface area (Å²) in [6.45, 7) is -1.53. The lowest BCUT2D eigenvalue weighted by Gasteiger charge is -2.05. The number of nitrogens with zero attached hydrogens (tertiary/aromatic N) is 2. The Kier molecular flexibility index (Phi) is 5.39. The fraction of sp³-hybridized carbons (Fsp3) is 0.111. The van der Waals surface area contributed by atoms with Crippen molar-refractivity contribution < 1.29 is 31.9 Å². The number of esters is 1. The molecule has 3 aromatic rings. The molecule has 0 aliphatic carbocycles. The van der Waals surface area contributed by atoms with Crippen molar-refractivity contribution in [2.75, 3.05) is 6.61 Å². The Morgan fingerprint density at radius 1 is 1.04 bits per heavy atom. The van der Waals surface area contributed by atoms with Gasteiger partial charge in [0.15, 0.2) is 6.61 Å². The van der Waals surface area contributed by atoms with Crippen molar-refractivity contribution in [1.82, 2.24) is 9.78 Å². The molecule has 3 rings (SSSR count). The molecule has 0 amide bonds. The highest BCUT2D eigenvalue weighted by Crippen LogP contribution is 2.15. The molecule has 10 heteroatoms. The maximum absolute atomic E-state index is 13.5. The molecule has 0 N–H and O–H groups in total. The predicted octanol–water partition coefficient (Wildman–Crippen LogP) is 2.35. The molecule has 0 bridgehead atoms. The fourth-order valence-corrected chi connectivity index (χ4v) is 2.22. The summed E-state index contributed by atoms with van der Waals surface area (Å²) in [4.78, 5) is 35.4. The summed E-state index contributed by atoms with van der Waals surface area (Å²) in [5, 5.41) is 3.78. The first-order chi connectivity index (χ1) is 13.3. The summed E-state index contributed by atoms with van der Waals surface area (Å²) in [6.07, 6.45) is 0. The van der Waals surface area contributed by atoms with Gasteiger partial charge in [0, 0.05) is 5.56 Å². The molecule has 0 fully saturated rings. The van der Waals surface area contributed by atoms with E-state index in [0.29, 0.717) is 16.3 Å². The van der Waals surface area contributed by atoms with Gasteiger partial charge < -0.3 is 9.15 Å². The quantitative estimate of drug-likeness (QED) is 0.472. The van der Waals surface area contributed by atoms with Crippen LogP contribution in [0.4, 0.5) is 13.2 Å². The molecule has 28 heavy (non-hydrogen) atoms. The topological polar surface area (TPSA) is 91.4 Å². The molecule has 2 aromatic carbocycles. The van der Waals surface area contributed by atoms with Crippen LogP contribution >= 0.6 is 0 Å². The van der Waals surface area contributed by atoms with Crippen LogP contribution in [0.25, 0.3) is 11.5 Å². The largest absolute Gasteiger partial charge is 0.456 e. The van der Waals surface area contributed by atoms with Crippen LogP contribution in [-0.2, 0) is 16.1 Å². The Hall–Kier alpha value is -3.69. The molecule has 0 aliphatic rings. The zero-order chi connectivity index (χ0) is 20.3. The maximum atomic E-state index is 13.5. The van der Waals surface area contributed by atoms with Crippen LogP contribution in [-0.4, -0.2) is 28.1 Å². The van der Waals surface area contributed by atoms with E-state index in [1.54, 1.807) is 0 Å². The minimum atomic E-state index is -1.02. The summed E-state index contributed by atoms with van der Waals surface area (Å²) < 4.78 is 49.7. The van der Waals surface area contributed by atoms with Gasteiger partial charge in [-0.05, 0) is 42.5 Å². The van der Waals surface area contributed by atoms with E-state index in [4.69, 9.17) is 4.42 Å². The molecule has 0 aliphatic heterocycles. The van der Waals surface area contributed by atoms with Gasteiger partial charge in [0.05, 0.1) is 5.56 Å². The summed E-state index contributed by atoms with van der Waals surface area (Å²) in [6, 6.07) is 7.23. The zero-order valence-corrected chi connectivity index (χ0v) is 14.0. The van der Waals surface area contributed by atoms with Crippen molar-refractivity contribution in [3.63, 3.8) is 0 Å². The second-order valence-corrected chi connectivity index (χ2v) is 5.55. The Bertz CT molecular complexity index is 1090. The van der Waals surface area contributed by atoms with Crippen molar-refractivity contribution in [2.24, 2.45) is 0 Å². The number of ether oxygens (including phenoxy) is 1. The number of benzene rings is 2. The van der Waals surface area contributed by atoms with Crippen LogP contribution in [0.15, 0.2) is 51.7 Å². The average molecular weight is 392 g/mol. The summed E-state index contributed by atoms with van der Waals surface area (Å²) in [7, 11) is 0. The first kappa shape index (κ1) is 19.1. The first-order valence-electron chi connectivity index (χ1n) is 7.81. The van der Waals surface area contributed by atoms with E-state index >= 15 is 0 Å². The molecule has 1 heterocycles. The third-order valence-corrected chi connectivity index (χ3v) is 3.57. The van der Waals surface area contributed by atoms with Gasteiger partial charge in [-0.25, -0.2) is 18.0 Å². The van der Waals surface area contributed by atoms with Crippen molar-refractivity contribution in [3.05, 3.63) is 76.0 Å². The normalized spacial score (nSPS) is 10.7. The molecule has 1 aromatic heterocycles. The van der Waals surface area contributed by atoms with Gasteiger partial charge in [-0.15, -0.1) is 5.10 Å². The van der Waals surface area contributed by atoms with E-state index in [9.17, 15) is 27.6 Å². The Morgan fingerprint density at radius 3 is 2.43 bits per heavy atom. The molecule has 0 saturated heterocycles. The molecule has 0 unspecified atom stereocenters. The minimum Gasteiger partial charge on any atom is -0.456 e. The monoisotopic (exact) mass is 392 g/mol. The summed E-state index contributed by atoms with van der Waals surface area (Å²) >= 11 is 0. The van der Waals surface area contributed by atoms with Crippen LogP contribution in [0.5, 0.6) is 0 Å². The Balaban J connectivity index is 1.64. The Morgan fingerprint density at radius 2 is 1.71 bits per heavy atom.